The summed E-state index contributed by atoms with van der Waals surface area (Å²) in [5.41, 5.74) is 2.21. The van der Waals surface area contributed by atoms with Crippen molar-refractivity contribution in [3.05, 3.63) is 71.5 Å². The molecule has 29 heavy (non-hydrogen) atoms. The molecule has 0 aliphatic carbocycles. The number of amides is 1. The first kappa shape index (κ1) is 20.6. The maximum Gasteiger partial charge on any atom is 0.375 e. The zero-order chi connectivity index (χ0) is 20.8. The van der Waals surface area contributed by atoms with Crippen LogP contribution in [0.3, 0.4) is 0 Å². The van der Waals surface area contributed by atoms with E-state index in [4.69, 9.17) is 13.9 Å². The lowest BCUT2D eigenvalue weighted by Gasteiger charge is -2.21. The number of ether oxygens (including phenoxy) is 2. The fourth-order valence-electron chi connectivity index (χ4n) is 3.12. The summed E-state index contributed by atoms with van der Waals surface area (Å²) in [7, 11) is 1.68. The summed E-state index contributed by atoms with van der Waals surface area (Å²) < 4.78 is 16.6. The van der Waals surface area contributed by atoms with Crippen molar-refractivity contribution in [2.75, 3.05) is 13.7 Å². The Labute approximate surface area is 170 Å². The van der Waals surface area contributed by atoms with Crippen molar-refractivity contribution in [3.8, 4) is 0 Å². The Hall–Kier alpha value is -3.12. The molecule has 0 aliphatic heterocycles. The number of furan rings is 1. The third-order valence-corrected chi connectivity index (χ3v) is 4.60. The second-order valence-corrected chi connectivity index (χ2v) is 6.77. The van der Waals surface area contributed by atoms with E-state index >= 15 is 0 Å². The molecule has 3 aromatic rings. The number of carbonyl (C=O) groups excluding carboxylic acids is 2. The van der Waals surface area contributed by atoms with Crippen LogP contribution in [0.1, 0.15) is 35.5 Å². The molecule has 152 valence electrons. The van der Waals surface area contributed by atoms with Crippen LogP contribution in [0, 0.1) is 0 Å². The normalized spacial score (nSPS) is 12.0. The predicted molar refractivity (Wildman–Crippen MR) is 109 cm³/mol. The maximum atomic E-state index is 12.8. The third kappa shape index (κ3) is 4.84. The standard InChI is InChI=1S/C23H25NO5/c1-4-27-15-19-18-12-8-9-13-20(18)29-21(19)23(26)28-16(2)22(25)24(3)14-17-10-6-5-7-11-17/h5-13,16H,4,14-15H2,1-3H3/t16-/m1/s1. The number of benzene rings is 2. The average molecular weight is 395 g/mol. The van der Waals surface area contributed by atoms with Gasteiger partial charge in [0.05, 0.1) is 6.61 Å². The summed E-state index contributed by atoms with van der Waals surface area (Å²) in [6, 6.07) is 17.0. The molecule has 0 spiro atoms. The highest BCUT2D eigenvalue weighted by Gasteiger charge is 2.27. The van der Waals surface area contributed by atoms with Gasteiger partial charge in [0, 0.05) is 31.1 Å². The van der Waals surface area contributed by atoms with E-state index < -0.39 is 12.1 Å². The fraction of sp³-hybridized carbons (Fsp3) is 0.304. The Morgan fingerprint density at radius 3 is 2.48 bits per heavy atom. The van der Waals surface area contributed by atoms with Crippen LogP contribution in [-0.2, 0) is 27.4 Å². The zero-order valence-corrected chi connectivity index (χ0v) is 16.9. The van der Waals surface area contributed by atoms with Crippen LogP contribution in [0.2, 0.25) is 0 Å². The SMILES string of the molecule is CCOCc1c(C(=O)O[C@H](C)C(=O)N(C)Cc2ccccc2)oc2ccccc12. The first-order chi connectivity index (χ1) is 14.0. The molecule has 0 saturated heterocycles. The van der Waals surface area contributed by atoms with Gasteiger partial charge in [0.2, 0.25) is 5.76 Å². The molecule has 1 atom stereocenters. The highest BCUT2D eigenvalue weighted by atomic mass is 16.6. The summed E-state index contributed by atoms with van der Waals surface area (Å²) in [4.78, 5) is 26.9. The number of hydrogen-bond acceptors (Lipinski definition) is 5. The number of para-hydroxylation sites is 1. The molecule has 6 heteroatoms. The first-order valence-corrected chi connectivity index (χ1v) is 9.59. The number of hydrogen-bond donors (Lipinski definition) is 0. The molecule has 1 heterocycles. The van der Waals surface area contributed by atoms with Gasteiger partial charge in [-0.25, -0.2) is 4.79 Å². The van der Waals surface area contributed by atoms with Gasteiger partial charge >= 0.3 is 5.97 Å². The Morgan fingerprint density at radius 2 is 1.76 bits per heavy atom. The van der Waals surface area contributed by atoms with Crippen molar-refractivity contribution in [3.63, 3.8) is 0 Å². The van der Waals surface area contributed by atoms with Crippen LogP contribution in [0.25, 0.3) is 11.0 Å². The van der Waals surface area contributed by atoms with E-state index in [1.165, 1.54) is 4.90 Å². The number of nitrogens with zero attached hydrogens (tertiary/aromatic N) is 1. The van der Waals surface area contributed by atoms with Crippen molar-refractivity contribution in [1.82, 2.24) is 4.90 Å². The van der Waals surface area contributed by atoms with Gasteiger partial charge in [0.15, 0.2) is 6.10 Å². The summed E-state index contributed by atoms with van der Waals surface area (Å²) in [6.07, 6.45) is -0.940. The number of esters is 1. The van der Waals surface area contributed by atoms with Crippen molar-refractivity contribution < 1.29 is 23.5 Å². The van der Waals surface area contributed by atoms with Crippen molar-refractivity contribution in [2.24, 2.45) is 0 Å². The minimum atomic E-state index is -0.940. The first-order valence-electron chi connectivity index (χ1n) is 9.59. The monoisotopic (exact) mass is 395 g/mol. The van der Waals surface area contributed by atoms with E-state index in [9.17, 15) is 9.59 Å². The van der Waals surface area contributed by atoms with Crippen LogP contribution in [-0.4, -0.2) is 36.5 Å². The van der Waals surface area contributed by atoms with Gasteiger partial charge in [-0.2, -0.15) is 0 Å². The largest absolute Gasteiger partial charge is 0.449 e. The molecule has 0 saturated carbocycles. The lowest BCUT2D eigenvalue weighted by Crippen LogP contribution is -2.37. The van der Waals surface area contributed by atoms with Gasteiger partial charge in [-0.1, -0.05) is 48.5 Å². The number of carbonyl (C=O) groups is 2. The third-order valence-electron chi connectivity index (χ3n) is 4.60. The van der Waals surface area contributed by atoms with Gasteiger partial charge in [-0.3, -0.25) is 4.79 Å². The van der Waals surface area contributed by atoms with Crippen LogP contribution in [0.4, 0.5) is 0 Å². The predicted octanol–water partition coefficient (Wildman–Crippen LogP) is 4.17. The number of fused-ring (bicyclic) bond motifs is 1. The number of rotatable bonds is 8. The smallest absolute Gasteiger partial charge is 0.375 e. The Morgan fingerprint density at radius 1 is 1.07 bits per heavy atom. The minimum absolute atomic E-state index is 0.0741. The van der Waals surface area contributed by atoms with Crippen LogP contribution in [0.15, 0.2) is 59.0 Å². The second kappa shape index (κ2) is 9.39. The Bertz CT molecular complexity index is 979. The molecule has 6 nitrogen and oxygen atoms in total. The fourth-order valence-corrected chi connectivity index (χ4v) is 3.12. The molecule has 1 amide bonds. The van der Waals surface area contributed by atoms with Crippen molar-refractivity contribution in [1.29, 1.82) is 0 Å². The zero-order valence-electron chi connectivity index (χ0n) is 16.9. The van der Waals surface area contributed by atoms with Crippen molar-refractivity contribution in [2.45, 2.75) is 33.1 Å². The van der Waals surface area contributed by atoms with Crippen LogP contribution < -0.4 is 0 Å². The van der Waals surface area contributed by atoms with Gasteiger partial charge < -0.3 is 18.8 Å². The van der Waals surface area contributed by atoms with Crippen molar-refractivity contribution >= 4 is 22.8 Å². The van der Waals surface area contributed by atoms with Crippen LogP contribution >= 0.6 is 0 Å². The van der Waals surface area contributed by atoms with Gasteiger partial charge in [0.25, 0.3) is 5.91 Å². The molecule has 1 aromatic heterocycles. The molecule has 0 unspecified atom stereocenters. The molecule has 0 N–H and O–H groups in total. The molecule has 3 rings (SSSR count). The lowest BCUT2D eigenvalue weighted by molar-refractivity contribution is -0.139. The molecular weight excluding hydrogens is 370 g/mol. The second-order valence-electron chi connectivity index (χ2n) is 6.77. The quantitative estimate of drug-likeness (QED) is 0.536. The van der Waals surface area contributed by atoms with Gasteiger partial charge in [-0.15, -0.1) is 0 Å². The Balaban J connectivity index is 1.72. The van der Waals surface area contributed by atoms with Gasteiger partial charge in [-0.05, 0) is 25.5 Å². The maximum absolute atomic E-state index is 12.8. The molecule has 0 radical (unpaired) electrons. The highest BCUT2D eigenvalue weighted by Crippen LogP contribution is 2.27. The molecule has 0 fully saturated rings. The minimum Gasteiger partial charge on any atom is -0.449 e. The van der Waals surface area contributed by atoms with E-state index in [2.05, 4.69) is 0 Å². The summed E-state index contributed by atoms with van der Waals surface area (Å²) in [5.74, 6) is -0.889. The summed E-state index contributed by atoms with van der Waals surface area (Å²) in [6.45, 7) is 4.61. The van der Waals surface area contributed by atoms with Crippen LogP contribution in [0.5, 0.6) is 0 Å². The molecule has 2 aromatic carbocycles. The summed E-state index contributed by atoms with van der Waals surface area (Å²) >= 11 is 0. The number of likely N-dealkylation sites (N-methyl/N-ethyl adjacent to an activating group) is 1. The highest BCUT2D eigenvalue weighted by molar-refractivity contribution is 5.97. The molecular formula is C23H25NO5. The molecule has 0 aliphatic rings. The lowest BCUT2D eigenvalue weighted by atomic mass is 10.1. The van der Waals surface area contributed by atoms with E-state index in [0.29, 0.717) is 24.3 Å². The average Bonchev–Trinajstić information content (AvgIpc) is 3.11. The topological polar surface area (TPSA) is 69.0 Å². The van der Waals surface area contributed by atoms with E-state index in [0.717, 1.165) is 10.9 Å². The van der Waals surface area contributed by atoms with E-state index in [1.54, 1.807) is 20.0 Å². The Kier molecular flexibility index (Phi) is 6.67. The molecule has 0 bridgehead atoms. The van der Waals surface area contributed by atoms with Gasteiger partial charge in [0.1, 0.15) is 5.58 Å². The summed E-state index contributed by atoms with van der Waals surface area (Å²) in [5, 5.41) is 0.799. The van der Waals surface area contributed by atoms with E-state index in [1.807, 2.05) is 55.5 Å². The van der Waals surface area contributed by atoms with E-state index in [-0.39, 0.29) is 18.3 Å².